The molecule has 0 saturated carbocycles. The number of H-pyrrole nitrogens is 2. The summed E-state index contributed by atoms with van der Waals surface area (Å²) in [6.07, 6.45) is 5.13. The fourth-order valence-electron chi connectivity index (χ4n) is 5.54. The van der Waals surface area contributed by atoms with E-state index in [1.54, 1.807) is 7.11 Å². The highest BCUT2D eigenvalue weighted by molar-refractivity contribution is 5.84. The lowest BCUT2D eigenvalue weighted by molar-refractivity contribution is -0.119. The predicted molar refractivity (Wildman–Crippen MR) is 160 cm³/mol. The van der Waals surface area contributed by atoms with Crippen LogP contribution in [0.4, 0.5) is 0 Å². The summed E-state index contributed by atoms with van der Waals surface area (Å²) in [7, 11) is 1.65. The molecule has 2 atom stereocenters. The smallest absolute Gasteiger partial charge is 0.217 e. The number of carbonyl (C=O) groups is 1. The average molecular weight is 548 g/mol. The zero-order valence-corrected chi connectivity index (χ0v) is 23.1. The van der Waals surface area contributed by atoms with E-state index in [0.717, 1.165) is 44.2 Å². The second-order valence-corrected chi connectivity index (χ2v) is 10.3. The molecule has 0 aliphatic heterocycles. The van der Waals surface area contributed by atoms with Crippen molar-refractivity contribution in [3.05, 3.63) is 114 Å². The van der Waals surface area contributed by atoms with Gasteiger partial charge in [-0.1, -0.05) is 48.5 Å². The Bertz CT molecular complexity index is 1800. The highest BCUT2D eigenvalue weighted by atomic mass is 16.5. The van der Waals surface area contributed by atoms with Crippen molar-refractivity contribution in [2.45, 2.75) is 38.4 Å². The third-order valence-corrected chi connectivity index (χ3v) is 7.54. The Morgan fingerprint density at radius 2 is 1.46 bits per heavy atom. The van der Waals surface area contributed by atoms with E-state index in [2.05, 4.69) is 48.2 Å². The molecule has 208 valence electrons. The van der Waals surface area contributed by atoms with Crippen LogP contribution in [0.3, 0.4) is 0 Å². The van der Waals surface area contributed by atoms with E-state index in [1.807, 2.05) is 67.0 Å². The van der Waals surface area contributed by atoms with Crippen molar-refractivity contribution < 1.29 is 9.53 Å². The summed E-state index contributed by atoms with van der Waals surface area (Å²) >= 11 is 0. The Balaban J connectivity index is 1.39. The summed E-state index contributed by atoms with van der Waals surface area (Å²) in [4.78, 5) is 19.1. The van der Waals surface area contributed by atoms with Crippen LogP contribution in [0.1, 0.15) is 47.3 Å². The summed E-state index contributed by atoms with van der Waals surface area (Å²) < 4.78 is 7.41. The molecule has 6 aromatic rings. The van der Waals surface area contributed by atoms with E-state index in [4.69, 9.17) is 10.5 Å². The molecule has 0 radical (unpaired) electrons. The number of nitrogens with two attached hydrogens (primary N) is 1. The van der Waals surface area contributed by atoms with Crippen LogP contribution in [0.2, 0.25) is 0 Å². The van der Waals surface area contributed by atoms with Gasteiger partial charge in [0, 0.05) is 47.5 Å². The van der Waals surface area contributed by atoms with Crippen molar-refractivity contribution in [1.29, 1.82) is 0 Å². The minimum absolute atomic E-state index is 0.140. The molecule has 9 heteroatoms. The van der Waals surface area contributed by atoms with Crippen LogP contribution in [-0.2, 0) is 24.2 Å². The zero-order chi connectivity index (χ0) is 28.3. The van der Waals surface area contributed by atoms with Crippen molar-refractivity contribution in [2.75, 3.05) is 7.11 Å². The number of nitrogens with one attached hydrogen (secondary N) is 3. The number of fused-ring (bicyclic) bond motifs is 2. The molecule has 3 aromatic heterocycles. The lowest BCUT2D eigenvalue weighted by atomic mass is 10.0. The van der Waals surface area contributed by atoms with Crippen molar-refractivity contribution in [1.82, 2.24) is 30.0 Å². The molecule has 0 unspecified atom stereocenters. The highest BCUT2D eigenvalue weighted by Gasteiger charge is 2.27. The van der Waals surface area contributed by atoms with Gasteiger partial charge >= 0.3 is 0 Å². The van der Waals surface area contributed by atoms with Crippen molar-refractivity contribution in [2.24, 2.45) is 5.73 Å². The number of para-hydroxylation sites is 2. The van der Waals surface area contributed by atoms with Crippen molar-refractivity contribution in [3.8, 4) is 5.75 Å². The molecule has 0 aliphatic rings. The van der Waals surface area contributed by atoms with Crippen LogP contribution in [0.5, 0.6) is 5.75 Å². The molecule has 6 rings (SSSR count). The first-order valence-corrected chi connectivity index (χ1v) is 13.7. The van der Waals surface area contributed by atoms with Crippen LogP contribution >= 0.6 is 0 Å². The molecule has 1 amide bonds. The first-order chi connectivity index (χ1) is 20.0. The zero-order valence-electron chi connectivity index (χ0n) is 23.1. The van der Waals surface area contributed by atoms with E-state index in [1.165, 1.54) is 6.92 Å². The quantitative estimate of drug-likeness (QED) is 0.193. The summed E-state index contributed by atoms with van der Waals surface area (Å²) in [5.41, 5.74) is 12.2. The van der Waals surface area contributed by atoms with Gasteiger partial charge in [0.05, 0.1) is 25.7 Å². The van der Waals surface area contributed by atoms with E-state index >= 15 is 0 Å². The van der Waals surface area contributed by atoms with Crippen LogP contribution in [0.15, 0.2) is 85.2 Å². The number of amides is 1. The molecule has 5 N–H and O–H groups in total. The second-order valence-electron chi connectivity index (χ2n) is 10.3. The third kappa shape index (κ3) is 5.44. The van der Waals surface area contributed by atoms with Gasteiger partial charge in [-0.25, -0.2) is 0 Å². The Morgan fingerprint density at radius 1 is 0.878 bits per heavy atom. The number of benzene rings is 3. The molecule has 3 aromatic carbocycles. The first-order valence-electron chi connectivity index (χ1n) is 13.7. The van der Waals surface area contributed by atoms with Crippen LogP contribution in [0, 0.1) is 0 Å². The number of hydrogen-bond acceptors (Lipinski definition) is 5. The van der Waals surface area contributed by atoms with Gasteiger partial charge in [-0.05, 0) is 47.4 Å². The SMILES string of the molecule is COc1ccc(Cn2c([C@H](N)Cc3c[nH]c4ccccc34)nnc2[C@@H](Cc2c[nH]c3ccccc23)NC(C)=O)cc1. The minimum Gasteiger partial charge on any atom is -0.497 e. The number of hydrogen-bond donors (Lipinski definition) is 4. The molecule has 0 spiro atoms. The molecule has 3 heterocycles. The number of rotatable bonds is 10. The van der Waals surface area contributed by atoms with Gasteiger partial charge in [0.25, 0.3) is 0 Å². The van der Waals surface area contributed by atoms with Crippen LogP contribution < -0.4 is 15.8 Å². The molecule has 0 bridgehead atoms. The third-order valence-electron chi connectivity index (χ3n) is 7.54. The monoisotopic (exact) mass is 547 g/mol. The molecule has 9 nitrogen and oxygen atoms in total. The van der Waals surface area contributed by atoms with Gasteiger partial charge in [-0.15, -0.1) is 10.2 Å². The van der Waals surface area contributed by atoms with E-state index in [9.17, 15) is 4.79 Å². The maximum Gasteiger partial charge on any atom is 0.217 e. The molecule has 0 saturated heterocycles. The molecule has 41 heavy (non-hydrogen) atoms. The molecular formula is C32H33N7O2. The minimum atomic E-state index is -0.417. The molecular weight excluding hydrogens is 514 g/mol. The van der Waals surface area contributed by atoms with Crippen LogP contribution in [0.25, 0.3) is 21.8 Å². The number of aromatic amines is 2. The molecule has 0 fully saturated rings. The second kappa shape index (κ2) is 11.3. The van der Waals surface area contributed by atoms with Gasteiger partial charge in [0.15, 0.2) is 11.6 Å². The van der Waals surface area contributed by atoms with Gasteiger partial charge < -0.3 is 30.3 Å². The van der Waals surface area contributed by atoms with Gasteiger partial charge in [0.1, 0.15) is 5.75 Å². The largest absolute Gasteiger partial charge is 0.497 e. The standard InChI is InChI=1S/C32H33N7O2/c1-20(40)36-30(16-23-18-35-29-10-6-4-8-26(23)29)32-38-37-31(39(32)19-21-11-13-24(41-2)14-12-21)27(33)15-22-17-34-28-9-5-3-7-25(22)28/h3-14,17-18,27,30,34-35H,15-16,19,33H2,1-2H3,(H,36,40)/t27-,30-/m1/s1. The van der Waals surface area contributed by atoms with Crippen molar-refractivity contribution in [3.63, 3.8) is 0 Å². The Morgan fingerprint density at radius 3 is 2.07 bits per heavy atom. The summed E-state index contributed by atoms with van der Waals surface area (Å²) in [6, 6.07) is 23.4. The van der Waals surface area contributed by atoms with Gasteiger partial charge in [-0.3, -0.25) is 4.79 Å². The van der Waals surface area contributed by atoms with E-state index < -0.39 is 12.1 Å². The average Bonchev–Trinajstić information content (AvgIpc) is 3.70. The maximum absolute atomic E-state index is 12.4. The number of nitrogens with zero attached hydrogens (tertiary/aromatic N) is 3. The topological polar surface area (TPSA) is 127 Å². The van der Waals surface area contributed by atoms with Gasteiger partial charge in [0.2, 0.25) is 5.91 Å². The van der Waals surface area contributed by atoms with Gasteiger partial charge in [-0.2, -0.15) is 0 Å². The first kappa shape index (κ1) is 26.3. The molecule has 0 aliphatic carbocycles. The number of aromatic nitrogens is 5. The fourth-order valence-corrected chi connectivity index (χ4v) is 5.54. The Kier molecular flexibility index (Phi) is 7.26. The van der Waals surface area contributed by atoms with Crippen LogP contribution in [-0.4, -0.2) is 37.7 Å². The number of methoxy groups -OCH3 is 1. The lowest BCUT2D eigenvalue weighted by Gasteiger charge is -2.21. The van der Waals surface area contributed by atoms with Crippen molar-refractivity contribution >= 4 is 27.7 Å². The maximum atomic E-state index is 12.4. The number of ether oxygens (including phenoxy) is 1. The summed E-state index contributed by atoms with van der Waals surface area (Å²) in [6.45, 7) is 2.02. The Labute approximate surface area is 237 Å². The lowest BCUT2D eigenvalue weighted by Crippen LogP contribution is -2.31. The van der Waals surface area contributed by atoms with E-state index in [-0.39, 0.29) is 5.91 Å². The Hall–Kier alpha value is -4.89. The summed E-state index contributed by atoms with van der Waals surface area (Å²) in [5.74, 6) is 1.96. The fraction of sp³-hybridized carbons (Fsp3) is 0.219. The highest BCUT2D eigenvalue weighted by Crippen LogP contribution is 2.28. The normalized spacial score (nSPS) is 13.0. The number of carbonyl (C=O) groups excluding carboxylic acids is 1. The van der Waals surface area contributed by atoms with E-state index in [0.29, 0.717) is 31.0 Å². The summed E-state index contributed by atoms with van der Waals surface area (Å²) in [5, 5.41) is 14.6. The predicted octanol–water partition coefficient (Wildman–Crippen LogP) is 4.96.